The Balaban J connectivity index is 3.98. The molecule has 0 N–H and O–H groups in total. The quantitative estimate of drug-likeness (QED) is 0.0261. The minimum Gasteiger partial charge on any atom is -0.462 e. The third kappa shape index (κ3) is 64.6. The molecule has 0 aliphatic rings. The fourth-order valence-electron chi connectivity index (χ4n) is 10.7. The van der Waals surface area contributed by atoms with E-state index in [2.05, 4.69) is 45.1 Å². The molecule has 6 heteroatoms. The van der Waals surface area contributed by atoms with E-state index in [1.54, 1.807) is 0 Å². The highest BCUT2D eigenvalue weighted by Gasteiger charge is 2.19. The lowest BCUT2D eigenvalue weighted by molar-refractivity contribution is -0.167. The van der Waals surface area contributed by atoms with Gasteiger partial charge in [0.2, 0.25) is 0 Å². The van der Waals surface area contributed by atoms with E-state index in [9.17, 15) is 14.4 Å². The van der Waals surface area contributed by atoms with E-state index >= 15 is 0 Å². The van der Waals surface area contributed by atoms with Crippen molar-refractivity contribution in [2.75, 3.05) is 13.2 Å². The van der Waals surface area contributed by atoms with Crippen molar-refractivity contribution in [3.8, 4) is 0 Å². The second kappa shape index (κ2) is 66.4. The number of carbonyl (C=O) groups is 3. The smallest absolute Gasteiger partial charge is 0.306 e. The molecule has 0 rings (SSSR count). The molecule has 0 amide bonds. The molecule has 0 saturated carbocycles. The summed E-state index contributed by atoms with van der Waals surface area (Å²) in [7, 11) is 0. The van der Waals surface area contributed by atoms with Crippen LogP contribution in [0.3, 0.4) is 0 Å². The average molecular weight is 1080 g/mol. The Morgan fingerprint density at radius 2 is 0.429 bits per heavy atom. The van der Waals surface area contributed by atoms with Crippen molar-refractivity contribution in [3.63, 3.8) is 0 Å². The zero-order chi connectivity index (χ0) is 55.7. The van der Waals surface area contributed by atoms with Crippen LogP contribution in [0.2, 0.25) is 0 Å². The molecular weight excluding hydrogens is 949 g/mol. The third-order valence-electron chi connectivity index (χ3n) is 15.9. The van der Waals surface area contributed by atoms with E-state index in [-0.39, 0.29) is 31.1 Å². The summed E-state index contributed by atoms with van der Waals surface area (Å²) in [6.07, 6.45) is 81.0. The molecule has 1 unspecified atom stereocenters. The standard InChI is InChI=1S/C71H134O6/c1-4-7-10-13-16-19-21-23-25-27-29-30-31-32-33-34-35-36-37-38-39-40-41-42-43-45-46-48-50-52-55-58-61-64-70(73)76-67-68(66-75-69(72)63-60-57-54-18-15-12-9-6-3)77-71(74)65-62-59-56-53-51-49-47-44-28-26-24-22-20-17-14-11-8-5-2/h26-29,68H,4-25,30-67H2,1-3H3/b28-26-,29-27-. The molecule has 77 heavy (non-hydrogen) atoms. The number of hydrogen-bond donors (Lipinski definition) is 0. The highest BCUT2D eigenvalue weighted by Crippen LogP contribution is 2.18. The van der Waals surface area contributed by atoms with Gasteiger partial charge in [-0.15, -0.1) is 0 Å². The maximum Gasteiger partial charge on any atom is 0.306 e. The molecule has 0 aromatic rings. The van der Waals surface area contributed by atoms with Crippen LogP contribution in [-0.2, 0) is 28.6 Å². The van der Waals surface area contributed by atoms with Gasteiger partial charge in [0.1, 0.15) is 13.2 Å². The molecule has 0 spiro atoms. The molecule has 0 fully saturated rings. The number of rotatable bonds is 65. The molecule has 0 aromatic heterocycles. The Bertz CT molecular complexity index is 1240. The predicted octanol–water partition coefficient (Wildman–Crippen LogP) is 23.8. The molecule has 6 nitrogen and oxygen atoms in total. The van der Waals surface area contributed by atoms with E-state index in [0.29, 0.717) is 19.3 Å². The molecule has 0 saturated heterocycles. The van der Waals surface area contributed by atoms with E-state index in [1.807, 2.05) is 0 Å². The summed E-state index contributed by atoms with van der Waals surface area (Å²) in [5.74, 6) is -0.850. The van der Waals surface area contributed by atoms with Gasteiger partial charge in [0, 0.05) is 19.3 Å². The van der Waals surface area contributed by atoms with Crippen LogP contribution in [0.1, 0.15) is 393 Å². The lowest BCUT2D eigenvalue weighted by Gasteiger charge is -2.18. The van der Waals surface area contributed by atoms with Gasteiger partial charge in [0.15, 0.2) is 6.10 Å². The Morgan fingerprint density at radius 1 is 0.247 bits per heavy atom. The van der Waals surface area contributed by atoms with Crippen molar-refractivity contribution in [1.29, 1.82) is 0 Å². The first-order valence-electron chi connectivity index (χ1n) is 34.8. The van der Waals surface area contributed by atoms with Crippen LogP contribution in [0, 0.1) is 0 Å². The zero-order valence-corrected chi connectivity index (χ0v) is 52.3. The predicted molar refractivity (Wildman–Crippen MR) is 335 cm³/mol. The van der Waals surface area contributed by atoms with Crippen molar-refractivity contribution in [1.82, 2.24) is 0 Å². The van der Waals surface area contributed by atoms with Crippen molar-refractivity contribution in [2.24, 2.45) is 0 Å². The molecule has 0 bridgehead atoms. The Labute approximate surface area is 481 Å². The van der Waals surface area contributed by atoms with Gasteiger partial charge in [-0.3, -0.25) is 14.4 Å². The van der Waals surface area contributed by atoms with Gasteiger partial charge >= 0.3 is 17.9 Å². The first-order chi connectivity index (χ1) is 38.0. The fourth-order valence-corrected chi connectivity index (χ4v) is 10.7. The normalized spacial score (nSPS) is 12.1. The molecule has 0 aliphatic carbocycles. The SMILES string of the molecule is CCCCCCCCC/C=C\CCCCCCCCCC(=O)OC(COC(=O)CCCCCCCCCC)COC(=O)CCCCCCCCCCCCCCCCCCCCCCC/C=C\CCCCCCCCCC. The second-order valence-corrected chi connectivity index (χ2v) is 23.8. The maximum atomic E-state index is 12.9. The summed E-state index contributed by atoms with van der Waals surface area (Å²) in [4.78, 5) is 38.2. The number of carbonyl (C=O) groups excluding carboxylic acids is 3. The maximum absolute atomic E-state index is 12.9. The van der Waals surface area contributed by atoms with E-state index < -0.39 is 6.10 Å². The van der Waals surface area contributed by atoms with Crippen LogP contribution in [0.15, 0.2) is 24.3 Å². The zero-order valence-electron chi connectivity index (χ0n) is 52.3. The number of ether oxygens (including phenoxy) is 3. The monoisotopic (exact) mass is 1080 g/mol. The molecule has 0 heterocycles. The van der Waals surface area contributed by atoms with Crippen LogP contribution in [0.25, 0.3) is 0 Å². The van der Waals surface area contributed by atoms with Crippen molar-refractivity contribution >= 4 is 17.9 Å². The first kappa shape index (κ1) is 74.9. The minimum absolute atomic E-state index is 0.0672. The summed E-state index contributed by atoms with van der Waals surface area (Å²) >= 11 is 0. The van der Waals surface area contributed by atoms with E-state index in [4.69, 9.17) is 14.2 Å². The molecule has 0 aliphatic heterocycles. The number of unbranched alkanes of at least 4 members (excludes halogenated alkanes) is 50. The second-order valence-electron chi connectivity index (χ2n) is 23.8. The topological polar surface area (TPSA) is 78.9 Å². The van der Waals surface area contributed by atoms with Gasteiger partial charge in [-0.05, 0) is 70.6 Å². The van der Waals surface area contributed by atoms with Crippen LogP contribution in [-0.4, -0.2) is 37.2 Å². The third-order valence-corrected chi connectivity index (χ3v) is 15.9. The van der Waals surface area contributed by atoms with Crippen molar-refractivity contribution in [3.05, 3.63) is 24.3 Å². The number of hydrogen-bond acceptors (Lipinski definition) is 6. The summed E-state index contributed by atoms with van der Waals surface area (Å²) < 4.78 is 16.9. The highest BCUT2D eigenvalue weighted by molar-refractivity contribution is 5.71. The van der Waals surface area contributed by atoms with Gasteiger partial charge in [0.25, 0.3) is 0 Å². The minimum atomic E-state index is -0.768. The Kier molecular flexibility index (Phi) is 64.6. The summed E-state index contributed by atoms with van der Waals surface area (Å²) in [5, 5.41) is 0. The molecule has 1 atom stereocenters. The van der Waals surface area contributed by atoms with E-state index in [0.717, 1.165) is 57.8 Å². The summed E-state index contributed by atoms with van der Waals surface area (Å²) in [5.41, 5.74) is 0. The largest absolute Gasteiger partial charge is 0.462 e. The van der Waals surface area contributed by atoms with Crippen LogP contribution >= 0.6 is 0 Å². The Morgan fingerprint density at radius 3 is 0.649 bits per heavy atom. The number of esters is 3. The van der Waals surface area contributed by atoms with Crippen molar-refractivity contribution < 1.29 is 28.6 Å². The van der Waals surface area contributed by atoms with Gasteiger partial charge < -0.3 is 14.2 Å². The van der Waals surface area contributed by atoms with Gasteiger partial charge in [-0.25, -0.2) is 0 Å². The van der Waals surface area contributed by atoms with Crippen LogP contribution in [0.4, 0.5) is 0 Å². The number of allylic oxidation sites excluding steroid dienone is 4. The van der Waals surface area contributed by atoms with Gasteiger partial charge in [0.05, 0.1) is 0 Å². The van der Waals surface area contributed by atoms with Crippen LogP contribution < -0.4 is 0 Å². The van der Waals surface area contributed by atoms with Crippen LogP contribution in [0.5, 0.6) is 0 Å². The van der Waals surface area contributed by atoms with Gasteiger partial charge in [-0.1, -0.05) is 328 Å². The van der Waals surface area contributed by atoms with Gasteiger partial charge in [-0.2, -0.15) is 0 Å². The lowest BCUT2D eigenvalue weighted by Crippen LogP contribution is -2.30. The lowest BCUT2D eigenvalue weighted by atomic mass is 10.0. The molecule has 0 radical (unpaired) electrons. The molecule has 0 aromatic carbocycles. The fraction of sp³-hybridized carbons (Fsp3) is 0.901. The summed E-state index contributed by atoms with van der Waals surface area (Å²) in [6.45, 7) is 6.67. The molecule has 454 valence electrons. The molecular formula is C71H134O6. The Hall–Kier alpha value is -2.11. The summed E-state index contributed by atoms with van der Waals surface area (Å²) in [6, 6.07) is 0. The van der Waals surface area contributed by atoms with E-state index in [1.165, 1.54) is 295 Å². The first-order valence-corrected chi connectivity index (χ1v) is 34.8. The van der Waals surface area contributed by atoms with Crippen molar-refractivity contribution in [2.45, 2.75) is 399 Å². The highest BCUT2D eigenvalue weighted by atomic mass is 16.6. The average Bonchev–Trinajstić information content (AvgIpc) is 3.43.